The van der Waals surface area contributed by atoms with Crippen molar-refractivity contribution < 1.29 is 32.6 Å². The van der Waals surface area contributed by atoms with Crippen LogP contribution >= 0.6 is 0 Å². The second kappa shape index (κ2) is 13.2. The second-order valence-electron chi connectivity index (χ2n) is 10.5. The van der Waals surface area contributed by atoms with E-state index in [9.17, 15) is 27.9 Å². The average Bonchev–Trinajstić information content (AvgIpc) is 2.95. The Bertz CT molecular complexity index is 1370. The number of aromatic nitrogens is 1. The number of pyridine rings is 1. The lowest BCUT2D eigenvalue weighted by atomic mass is 9.99. The normalized spacial score (nSPS) is 18.0. The van der Waals surface area contributed by atoms with Crippen molar-refractivity contribution in [3.8, 4) is 5.75 Å². The fourth-order valence-corrected chi connectivity index (χ4v) is 4.73. The Morgan fingerprint density at radius 2 is 1.76 bits per heavy atom. The Kier molecular flexibility index (Phi) is 9.69. The first-order chi connectivity index (χ1) is 19.9. The van der Waals surface area contributed by atoms with E-state index < -0.39 is 23.8 Å². The lowest BCUT2D eigenvalue weighted by Crippen LogP contribution is -2.49. The summed E-state index contributed by atoms with van der Waals surface area (Å²) in [6.45, 7) is 5.12. The first-order valence-electron chi connectivity index (χ1n) is 13.5. The van der Waals surface area contributed by atoms with Gasteiger partial charge in [0.15, 0.2) is 0 Å². The minimum Gasteiger partial charge on any atom is -0.488 e. The molecule has 224 valence electrons. The van der Waals surface area contributed by atoms with E-state index >= 15 is 0 Å². The van der Waals surface area contributed by atoms with Gasteiger partial charge in [-0.05, 0) is 74.1 Å². The highest BCUT2D eigenvalue weighted by Crippen LogP contribution is 2.32. The lowest BCUT2D eigenvalue weighted by molar-refractivity contribution is -0.137. The number of urea groups is 1. The number of hydrogen-bond donors (Lipinski definition) is 3. The zero-order chi connectivity index (χ0) is 30.4. The van der Waals surface area contributed by atoms with E-state index in [0.29, 0.717) is 25.4 Å². The molecule has 0 bridgehead atoms. The number of rotatable bonds is 8. The summed E-state index contributed by atoms with van der Waals surface area (Å²) in [4.78, 5) is 34.0. The average molecular weight is 586 g/mol. The maximum atomic E-state index is 13.6. The highest BCUT2D eigenvalue weighted by molar-refractivity contribution is 6.02. The molecule has 0 saturated carbocycles. The highest BCUT2D eigenvalue weighted by atomic mass is 19.4. The Labute approximate surface area is 242 Å². The number of ether oxygens (including phenoxy) is 1. The van der Waals surface area contributed by atoms with Gasteiger partial charge in [0.1, 0.15) is 11.9 Å². The number of benzene rings is 2. The van der Waals surface area contributed by atoms with Crippen LogP contribution in [0.2, 0.25) is 0 Å². The first-order valence-corrected chi connectivity index (χ1v) is 13.5. The van der Waals surface area contributed by atoms with Gasteiger partial charge in [-0.2, -0.15) is 13.2 Å². The number of hydrogen-bond acceptors (Lipinski definition) is 6. The first kappa shape index (κ1) is 30.8. The number of carbonyl (C=O) groups excluding carboxylic acids is 2. The van der Waals surface area contributed by atoms with Gasteiger partial charge in [-0.25, -0.2) is 4.79 Å². The van der Waals surface area contributed by atoms with Crippen LogP contribution < -0.4 is 15.4 Å². The summed E-state index contributed by atoms with van der Waals surface area (Å²) in [7, 11) is 1.98. The van der Waals surface area contributed by atoms with Crippen LogP contribution in [0.15, 0.2) is 67.0 Å². The summed E-state index contributed by atoms with van der Waals surface area (Å²) >= 11 is 0. The Balaban J connectivity index is 1.53. The van der Waals surface area contributed by atoms with E-state index in [1.165, 1.54) is 6.07 Å². The number of anilines is 2. The largest absolute Gasteiger partial charge is 0.488 e. The third-order valence-corrected chi connectivity index (χ3v) is 7.09. The third kappa shape index (κ3) is 7.77. The Morgan fingerprint density at radius 1 is 1.12 bits per heavy atom. The molecule has 3 atom stereocenters. The van der Waals surface area contributed by atoms with Crippen LogP contribution in [-0.4, -0.2) is 70.7 Å². The number of nitrogens with one attached hydrogen (secondary N) is 2. The number of fused-ring (bicyclic) bond motifs is 1. The number of amides is 3. The molecule has 1 aromatic heterocycles. The number of likely N-dealkylation sites (N-methyl/N-ethyl adjacent to an activating group) is 1. The zero-order valence-corrected chi connectivity index (χ0v) is 23.6. The fraction of sp³-hybridized carbons (Fsp3) is 0.367. The van der Waals surface area contributed by atoms with Crippen LogP contribution in [0.4, 0.5) is 29.3 Å². The van der Waals surface area contributed by atoms with Gasteiger partial charge in [-0.1, -0.05) is 6.92 Å². The standard InChI is InChI=1S/C30H34F3N5O4/c1-19-15-38(20(2)18-39)28(40)25-14-24(36-29(41)35-23-6-4-22(5-7-23)30(31,32)33)8-9-26(25)42-27(19)17-37(3)16-21-10-12-34-13-11-21/h4-14,19-20,27,39H,15-18H2,1-3H3,(H2,35,36,41)/t19-,20-,27+/m1/s1. The van der Waals surface area contributed by atoms with Gasteiger partial charge in [0.25, 0.3) is 5.91 Å². The van der Waals surface area contributed by atoms with E-state index in [1.807, 2.05) is 26.1 Å². The molecule has 0 fully saturated rings. The van der Waals surface area contributed by atoms with Crippen molar-refractivity contribution in [2.24, 2.45) is 5.92 Å². The molecule has 0 unspecified atom stereocenters. The van der Waals surface area contributed by atoms with E-state index in [1.54, 1.807) is 36.4 Å². The predicted molar refractivity (Wildman–Crippen MR) is 152 cm³/mol. The van der Waals surface area contributed by atoms with E-state index in [2.05, 4.69) is 20.5 Å². The SMILES string of the molecule is C[C@@H]1CN([C@H](C)CO)C(=O)c2cc(NC(=O)Nc3ccc(C(F)(F)F)cc3)ccc2O[C@H]1CN(C)Cc1ccncc1. The number of alkyl halides is 3. The van der Waals surface area contributed by atoms with Gasteiger partial charge in [-0.15, -0.1) is 0 Å². The third-order valence-electron chi connectivity index (χ3n) is 7.09. The van der Waals surface area contributed by atoms with Crippen LogP contribution in [0.5, 0.6) is 5.75 Å². The summed E-state index contributed by atoms with van der Waals surface area (Å²) in [6, 6.07) is 11.5. The smallest absolute Gasteiger partial charge is 0.416 e. The van der Waals surface area contributed by atoms with Crippen molar-refractivity contribution in [1.82, 2.24) is 14.8 Å². The molecule has 12 heteroatoms. The van der Waals surface area contributed by atoms with Gasteiger partial charge in [0.2, 0.25) is 0 Å². The molecule has 9 nitrogen and oxygen atoms in total. The number of carbonyl (C=O) groups is 2. The van der Waals surface area contributed by atoms with E-state index in [0.717, 1.165) is 29.8 Å². The van der Waals surface area contributed by atoms with Gasteiger partial charge in [0, 0.05) is 49.3 Å². The number of halogens is 3. The van der Waals surface area contributed by atoms with Crippen LogP contribution in [0.3, 0.4) is 0 Å². The topological polar surface area (TPSA) is 107 Å². The van der Waals surface area contributed by atoms with Gasteiger partial charge >= 0.3 is 12.2 Å². The molecule has 0 radical (unpaired) electrons. The molecule has 0 saturated heterocycles. The van der Waals surface area contributed by atoms with Gasteiger partial charge in [-0.3, -0.25) is 14.7 Å². The molecule has 0 aliphatic carbocycles. The molecule has 1 aliphatic heterocycles. The molecular weight excluding hydrogens is 551 g/mol. The van der Waals surface area contributed by atoms with Crippen LogP contribution in [0, 0.1) is 5.92 Å². The Hall–Kier alpha value is -4.16. The highest BCUT2D eigenvalue weighted by Gasteiger charge is 2.34. The minimum atomic E-state index is -4.48. The molecule has 2 heterocycles. The molecule has 2 aromatic carbocycles. The van der Waals surface area contributed by atoms with Crippen molar-refractivity contribution in [3.05, 3.63) is 83.7 Å². The lowest BCUT2D eigenvalue weighted by Gasteiger charge is -2.38. The van der Waals surface area contributed by atoms with Crippen molar-refractivity contribution in [2.45, 2.75) is 38.7 Å². The quantitative estimate of drug-likeness (QED) is 0.340. The second-order valence-corrected chi connectivity index (χ2v) is 10.5. The summed E-state index contributed by atoms with van der Waals surface area (Å²) in [5.74, 6) is -0.0743. The molecule has 0 spiro atoms. The predicted octanol–water partition coefficient (Wildman–Crippen LogP) is 5.10. The molecular formula is C30H34F3N5O4. The Morgan fingerprint density at radius 3 is 2.40 bits per heavy atom. The van der Waals surface area contributed by atoms with Crippen molar-refractivity contribution in [2.75, 3.05) is 37.4 Å². The van der Waals surface area contributed by atoms with E-state index in [-0.39, 0.29) is 41.5 Å². The zero-order valence-electron chi connectivity index (χ0n) is 23.6. The van der Waals surface area contributed by atoms with Crippen molar-refractivity contribution in [1.29, 1.82) is 0 Å². The number of nitrogens with zero attached hydrogens (tertiary/aromatic N) is 3. The molecule has 1 aliphatic rings. The number of aliphatic hydroxyl groups is 1. The maximum Gasteiger partial charge on any atom is 0.416 e. The number of aliphatic hydroxyl groups excluding tert-OH is 1. The molecule has 3 aromatic rings. The maximum absolute atomic E-state index is 13.6. The molecule has 42 heavy (non-hydrogen) atoms. The molecule has 3 amide bonds. The monoisotopic (exact) mass is 585 g/mol. The van der Waals surface area contributed by atoms with Gasteiger partial charge in [0.05, 0.1) is 23.8 Å². The molecule has 3 N–H and O–H groups in total. The van der Waals surface area contributed by atoms with Crippen LogP contribution in [0.1, 0.15) is 35.3 Å². The van der Waals surface area contributed by atoms with Crippen LogP contribution in [0.25, 0.3) is 0 Å². The fourth-order valence-electron chi connectivity index (χ4n) is 4.73. The van der Waals surface area contributed by atoms with E-state index in [4.69, 9.17) is 4.74 Å². The van der Waals surface area contributed by atoms with Crippen LogP contribution in [-0.2, 0) is 12.7 Å². The van der Waals surface area contributed by atoms with Gasteiger partial charge < -0.3 is 25.4 Å². The van der Waals surface area contributed by atoms with Crippen molar-refractivity contribution >= 4 is 23.3 Å². The summed E-state index contributed by atoms with van der Waals surface area (Å²) in [6.07, 6.45) is -1.30. The summed E-state index contributed by atoms with van der Waals surface area (Å²) in [5, 5.41) is 15.0. The summed E-state index contributed by atoms with van der Waals surface area (Å²) < 4.78 is 44.9. The minimum absolute atomic E-state index is 0.0664. The van der Waals surface area contributed by atoms with Crippen molar-refractivity contribution in [3.63, 3.8) is 0 Å². The molecule has 4 rings (SSSR count). The summed E-state index contributed by atoms with van der Waals surface area (Å²) in [5.41, 5.74) is 0.943.